The molecule has 5 nitrogen and oxygen atoms in total. The number of aromatic nitrogens is 2. The van der Waals surface area contributed by atoms with Gasteiger partial charge in [-0.1, -0.05) is 30.1 Å². The van der Waals surface area contributed by atoms with Crippen LogP contribution in [0, 0.1) is 0 Å². The summed E-state index contributed by atoms with van der Waals surface area (Å²) in [6.07, 6.45) is 2.17. The van der Waals surface area contributed by atoms with Crippen LogP contribution in [0.5, 0.6) is 0 Å². The molecule has 7 heteroatoms. The van der Waals surface area contributed by atoms with Crippen molar-refractivity contribution in [3.63, 3.8) is 0 Å². The number of methoxy groups -OCH3 is 1. The van der Waals surface area contributed by atoms with E-state index in [2.05, 4.69) is 9.97 Å². The Bertz CT molecular complexity index is 1010. The molecular formula is C19H16Cl2N2O3. The summed E-state index contributed by atoms with van der Waals surface area (Å²) in [5.41, 5.74) is 2.45. The van der Waals surface area contributed by atoms with Gasteiger partial charge < -0.3 is 9.72 Å². The van der Waals surface area contributed by atoms with Crippen LogP contribution in [0.15, 0.2) is 30.5 Å². The number of ether oxygens (including phenoxy) is 1. The normalized spacial score (nSPS) is 10.9. The lowest BCUT2D eigenvalue weighted by atomic mass is 10.0. The molecule has 0 aliphatic carbocycles. The van der Waals surface area contributed by atoms with E-state index >= 15 is 0 Å². The summed E-state index contributed by atoms with van der Waals surface area (Å²) in [7, 11) is 1.30. The fraction of sp³-hybridized carbons (Fsp3) is 0.211. The predicted octanol–water partition coefficient (Wildman–Crippen LogP) is 4.38. The van der Waals surface area contributed by atoms with Crippen molar-refractivity contribution in [3.05, 3.63) is 63.0 Å². The van der Waals surface area contributed by atoms with Gasteiger partial charge in [0.15, 0.2) is 0 Å². The first kappa shape index (κ1) is 18.4. The van der Waals surface area contributed by atoms with Crippen LogP contribution in [0.25, 0.3) is 10.9 Å². The Morgan fingerprint density at radius 1 is 1.23 bits per heavy atom. The summed E-state index contributed by atoms with van der Waals surface area (Å²) in [4.78, 5) is 32.2. The van der Waals surface area contributed by atoms with Crippen molar-refractivity contribution < 1.29 is 14.3 Å². The molecule has 2 heterocycles. The number of benzene rings is 1. The molecule has 2 aromatic heterocycles. The minimum absolute atomic E-state index is 0.0665. The maximum Gasteiger partial charge on any atom is 0.310 e. The third-order valence-corrected chi connectivity index (χ3v) is 4.87. The number of hydrogen-bond donors (Lipinski definition) is 1. The van der Waals surface area contributed by atoms with E-state index in [1.807, 2.05) is 6.92 Å². The fourth-order valence-electron chi connectivity index (χ4n) is 2.85. The second-order valence-electron chi connectivity index (χ2n) is 5.74. The fourth-order valence-corrected chi connectivity index (χ4v) is 3.35. The smallest absolute Gasteiger partial charge is 0.310 e. The van der Waals surface area contributed by atoms with Crippen LogP contribution < -0.4 is 0 Å². The second-order valence-corrected chi connectivity index (χ2v) is 6.55. The molecule has 1 N–H and O–H groups in total. The van der Waals surface area contributed by atoms with E-state index in [0.717, 1.165) is 5.56 Å². The molecule has 0 unspecified atom stereocenters. The van der Waals surface area contributed by atoms with Gasteiger partial charge in [-0.2, -0.15) is 0 Å². The lowest BCUT2D eigenvalue weighted by Gasteiger charge is -2.07. The van der Waals surface area contributed by atoms with E-state index in [1.54, 1.807) is 30.5 Å². The SMILES string of the molecule is CCc1ccnc(C(=O)c2[nH]c3ccc(Cl)cc3c2CC(=O)OC)c1Cl. The van der Waals surface area contributed by atoms with Crippen molar-refractivity contribution in [2.24, 2.45) is 0 Å². The molecule has 3 aromatic rings. The van der Waals surface area contributed by atoms with Crippen LogP contribution in [-0.2, 0) is 22.4 Å². The molecule has 0 radical (unpaired) electrons. The standard InChI is InChI=1S/C19H16Cl2N2O3/c1-3-10-6-7-22-18(16(10)21)19(25)17-13(9-15(24)26-2)12-8-11(20)4-5-14(12)23-17/h4-8,23H,3,9H2,1-2H3. The summed E-state index contributed by atoms with van der Waals surface area (Å²) < 4.78 is 4.76. The van der Waals surface area contributed by atoms with Crippen LogP contribution in [0.2, 0.25) is 10.0 Å². The van der Waals surface area contributed by atoms with Crippen LogP contribution >= 0.6 is 23.2 Å². The molecule has 3 rings (SSSR count). The lowest BCUT2D eigenvalue weighted by Crippen LogP contribution is -2.12. The molecule has 0 amide bonds. The van der Waals surface area contributed by atoms with Gasteiger partial charge in [0.05, 0.1) is 24.2 Å². The van der Waals surface area contributed by atoms with Crippen molar-refractivity contribution >= 4 is 45.9 Å². The first-order valence-electron chi connectivity index (χ1n) is 8.01. The number of hydrogen-bond acceptors (Lipinski definition) is 4. The zero-order valence-electron chi connectivity index (χ0n) is 14.2. The van der Waals surface area contributed by atoms with Crippen LogP contribution in [0.4, 0.5) is 0 Å². The monoisotopic (exact) mass is 390 g/mol. The van der Waals surface area contributed by atoms with E-state index < -0.39 is 5.97 Å². The van der Waals surface area contributed by atoms with E-state index in [0.29, 0.717) is 32.9 Å². The number of H-pyrrole nitrogens is 1. The van der Waals surface area contributed by atoms with E-state index in [-0.39, 0.29) is 23.6 Å². The van der Waals surface area contributed by atoms with Crippen molar-refractivity contribution in [2.75, 3.05) is 7.11 Å². The topological polar surface area (TPSA) is 72.0 Å². The second kappa shape index (κ2) is 7.48. The molecule has 0 aliphatic rings. The van der Waals surface area contributed by atoms with Crippen molar-refractivity contribution in [1.82, 2.24) is 9.97 Å². The molecule has 0 spiro atoms. The van der Waals surface area contributed by atoms with Gasteiger partial charge in [0.25, 0.3) is 0 Å². The molecular weight excluding hydrogens is 375 g/mol. The summed E-state index contributed by atoms with van der Waals surface area (Å²) >= 11 is 12.4. The first-order chi connectivity index (χ1) is 12.5. The van der Waals surface area contributed by atoms with Gasteiger partial charge in [0.1, 0.15) is 5.69 Å². The van der Waals surface area contributed by atoms with Crippen molar-refractivity contribution in [1.29, 1.82) is 0 Å². The molecule has 0 bridgehead atoms. The summed E-state index contributed by atoms with van der Waals surface area (Å²) in [5.74, 6) is -0.835. The summed E-state index contributed by atoms with van der Waals surface area (Å²) in [5, 5.41) is 1.51. The summed E-state index contributed by atoms with van der Waals surface area (Å²) in [6, 6.07) is 6.95. The minimum atomic E-state index is -0.457. The van der Waals surface area contributed by atoms with Crippen molar-refractivity contribution in [2.45, 2.75) is 19.8 Å². The van der Waals surface area contributed by atoms with Gasteiger partial charge >= 0.3 is 5.97 Å². The molecule has 0 saturated carbocycles. The van der Waals surface area contributed by atoms with Crippen LogP contribution in [-0.4, -0.2) is 28.8 Å². The number of nitrogens with zero attached hydrogens (tertiary/aromatic N) is 1. The Hall–Kier alpha value is -2.37. The Balaban J connectivity index is 2.19. The number of aryl methyl sites for hydroxylation is 1. The number of aromatic amines is 1. The molecule has 0 saturated heterocycles. The predicted molar refractivity (Wildman–Crippen MR) is 101 cm³/mol. The number of carbonyl (C=O) groups is 2. The van der Waals surface area contributed by atoms with Crippen LogP contribution in [0.1, 0.15) is 34.2 Å². The Morgan fingerprint density at radius 3 is 2.69 bits per heavy atom. The lowest BCUT2D eigenvalue weighted by molar-refractivity contribution is -0.139. The highest BCUT2D eigenvalue weighted by atomic mass is 35.5. The van der Waals surface area contributed by atoms with Gasteiger partial charge in [-0.3, -0.25) is 14.6 Å². The molecule has 1 aromatic carbocycles. The van der Waals surface area contributed by atoms with Gasteiger partial charge in [-0.15, -0.1) is 0 Å². The number of halogens is 2. The Kier molecular flexibility index (Phi) is 5.30. The van der Waals surface area contributed by atoms with Gasteiger partial charge in [0.2, 0.25) is 5.78 Å². The highest BCUT2D eigenvalue weighted by Crippen LogP contribution is 2.29. The van der Waals surface area contributed by atoms with Gasteiger partial charge in [-0.05, 0) is 36.2 Å². The number of carbonyl (C=O) groups excluding carboxylic acids is 2. The third-order valence-electron chi connectivity index (χ3n) is 4.21. The average molecular weight is 391 g/mol. The molecule has 134 valence electrons. The van der Waals surface area contributed by atoms with E-state index in [9.17, 15) is 9.59 Å². The maximum absolute atomic E-state index is 13.1. The molecule has 0 atom stereocenters. The van der Waals surface area contributed by atoms with Crippen LogP contribution in [0.3, 0.4) is 0 Å². The van der Waals surface area contributed by atoms with Crippen molar-refractivity contribution in [3.8, 4) is 0 Å². The Labute approximate surface area is 160 Å². The highest BCUT2D eigenvalue weighted by Gasteiger charge is 2.24. The number of nitrogens with one attached hydrogen (secondary N) is 1. The first-order valence-corrected chi connectivity index (χ1v) is 8.76. The van der Waals surface area contributed by atoms with Gasteiger partial charge in [-0.25, -0.2) is 0 Å². The molecule has 0 aliphatic heterocycles. The number of rotatable bonds is 5. The largest absolute Gasteiger partial charge is 0.469 e. The van der Waals surface area contributed by atoms with E-state index in [1.165, 1.54) is 7.11 Å². The third kappa shape index (κ3) is 3.32. The number of ketones is 1. The zero-order chi connectivity index (χ0) is 18.8. The number of esters is 1. The quantitative estimate of drug-likeness (QED) is 0.518. The summed E-state index contributed by atoms with van der Waals surface area (Å²) in [6.45, 7) is 1.95. The Morgan fingerprint density at radius 2 is 2.00 bits per heavy atom. The molecule has 0 fully saturated rings. The van der Waals surface area contributed by atoms with E-state index in [4.69, 9.17) is 27.9 Å². The maximum atomic E-state index is 13.1. The zero-order valence-corrected chi connectivity index (χ0v) is 15.7. The number of pyridine rings is 1. The molecule has 26 heavy (non-hydrogen) atoms. The van der Waals surface area contributed by atoms with Gasteiger partial charge in [0, 0.05) is 27.7 Å². The minimum Gasteiger partial charge on any atom is -0.469 e. The highest BCUT2D eigenvalue weighted by molar-refractivity contribution is 6.35. The average Bonchev–Trinajstić information content (AvgIpc) is 2.99. The number of fused-ring (bicyclic) bond motifs is 1.